The minimum atomic E-state index is -3.52. The molecule has 0 spiro atoms. The Balaban J connectivity index is 1.57. The minimum absolute atomic E-state index is 0.210. The van der Waals surface area contributed by atoms with E-state index in [0.717, 1.165) is 24.8 Å². The van der Waals surface area contributed by atoms with Gasteiger partial charge in [0, 0.05) is 13.6 Å². The second-order valence-electron chi connectivity index (χ2n) is 6.59. The molecule has 2 aliphatic rings. The lowest BCUT2D eigenvalue weighted by Crippen LogP contribution is -2.26. The fraction of sp³-hybridized carbons (Fsp3) is 0.368. The van der Waals surface area contributed by atoms with E-state index in [2.05, 4.69) is 0 Å². The van der Waals surface area contributed by atoms with Crippen molar-refractivity contribution >= 4 is 10.0 Å². The maximum atomic E-state index is 12.9. The predicted molar refractivity (Wildman–Crippen MR) is 94.3 cm³/mol. The Morgan fingerprint density at radius 1 is 0.960 bits per heavy atom. The summed E-state index contributed by atoms with van der Waals surface area (Å²) in [7, 11) is -1.91. The number of aryl methyl sites for hydroxylation is 2. The Labute approximate surface area is 148 Å². The molecule has 0 N–H and O–H groups in total. The maximum Gasteiger partial charge on any atom is 0.243 e. The van der Waals surface area contributed by atoms with E-state index in [1.807, 2.05) is 30.3 Å². The van der Waals surface area contributed by atoms with Gasteiger partial charge in [-0.25, -0.2) is 8.42 Å². The molecule has 6 heteroatoms. The van der Waals surface area contributed by atoms with Crippen LogP contribution < -0.4 is 9.47 Å². The molecule has 1 aliphatic carbocycles. The van der Waals surface area contributed by atoms with Gasteiger partial charge in [0.25, 0.3) is 0 Å². The van der Waals surface area contributed by atoms with E-state index in [4.69, 9.17) is 9.47 Å². The van der Waals surface area contributed by atoms with Gasteiger partial charge in [0.1, 0.15) is 0 Å². The summed E-state index contributed by atoms with van der Waals surface area (Å²) in [5.41, 5.74) is 3.32. The summed E-state index contributed by atoms with van der Waals surface area (Å²) in [6, 6.07) is 11.1. The highest BCUT2D eigenvalue weighted by Crippen LogP contribution is 2.33. The Bertz CT molecular complexity index is 908. The Kier molecular flexibility index (Phi) is 4.17. The van der Waals surface area contributed by atoms with Gasteiger partial charge < -0.3 is 9.47 Å². The van der Waals surface area contributed by atoms with Crippen molar-refractivity contribution in [2.75, 3.05) is 13.8 Å². The smallest absolute Gasteiger partial charge is 0.243 e. The van der Waals surface area contributed by atoms with Crippen LogP contribution in [0.4, 0.5) is 0 Å². The highest BCUT2D eigenvalue weighted by molar-refractivity contribution is 7.89. The van der Waals surface area contributed by atoms with Crippen molar-refractivity contribution in [3.63, 3.8) is 0 Å². The van der Waals surface area contributed by atoms with Crippen LogP contribution in [0.1, 0.15) is 29.5 Å². The molecular formula is C19H21NO4S. The van der Waals surface area contributed by atoms with E-state index in [1.54, 1.807) is 13.1 Å². The molecular weight excluding hydrogens is 338 g/mol. The summed E-state index contributed by atoms with van der Waals surface area (Å²) in [4.78, 5) is 0.372. The molecule has 132 valence electrons. The van der Waals surface area contributed by atoms with Crippen LogP contribution in [0.25, 0.3) is 0 Å². The summed E-state index contributed by atoms with van der Waals surface area (Å²) < 4.78 is 37.9. The number of fused-ring (bicyclic) bond motifs is 2. The molecule has 0 amide bonds. The molecule has 2 aromatic rings. The molecule has 0 fully saturated rings. The van der Waals surface area contributed by atoms with Crippen molar-refractivity contribution in [2.24, 2.45) is 0 Å². The van der Waals surface area contributed by atoms with Gasteiger partial charge in [-0.05, 0) is 66.6 Å². The average molecular weight is 359 g/mol. The number of ether oxygens (including phenoxy) is 2. The fourth-order valence-corrected chi connectivity index (χ4v) is 4.64. The first-order chi connectivity index (χ1) is 12.0. The Morgan fingerprint density at radius 3 is 2.56 bits per heavy atom. The largest absolute Gasteiger partial charge is 0.454 e. The monoisotopic (exact) mass is 359 g/mol. The number of hydrogen-bond donors (Lipinski definition) is 0. The number of hydrogen-bond acceptors (Lipinski definition) is 4. The van der Waals surface area contributed by atoms with E-state index < -0.39 is 10.0 Å². The standard InChI is InChI=1S/C19H21NO4S/c1-20(12-14-6-9-18-19(10-14)24-13-23-18)25(21,22)17-8-7-15-4-2-3-5-16(15)11-17/h6-11H,2-5,12-13H2,1H3. The van der Waals surface area contributed by atoms with Crippen LogP contribution in [0.3, 0.4) is 0 Å². The normalized spacial score (nSPS) is 16.1. The molecule has 5 nitrogen and oxygen atoms in total. The van der Waals surface area contributed by atoms with Crippen LogP contribution in [-0.2, 0) is 29.4 Å². The minimum Gasteiger partial charge on any atom is -0.454 e. The number of sulfonamides is 1. The maximum absolute atomic E-state index is 12.9. The van der Waals surface area contributed by atoms with Crippen molar-refractivity contribution in [3.05, 3.63) is 53.1 Å². The van der Waals surface area contributed by atoms with Crippen molar-refractivity contribution in [3.8, 4) is 11.5 Å². The molecule has 0 radical (unpaired) electrons. The van der Waals surface area contributed by atoms with Gasteiger partial charge >= 0.3 is 0 Å². The number of rotatable bonds is 4. The van der Waals surface area contributed by atoms with Gasteiger partial charge in [0.2, 0.25) is 16.8 Å². The van der Waals surface area contributed by atoms with Crippen LogP contribution in [-0.4, -0.2) is 26.6 Å². The summed E-state index contributed by atoms with van der Waals surface area (Å²) in [6.45, 7) is 0.498. The zero-order chi connectivity index (χ0) is 17.4. The van der Waals surface area contributed by atoms with Crippen molar-refractivity contribution in [2.45, 2.75) is 37.1 Å². The fourth-order valence-electron chi connectivity index (χ4n) is 3.43. The van der Waals surface area contributed by atoms with Crippen molar-refractivity contribution in [1.29, 1.82) is 0 Å². The van der Waals surface area contributed by atoms with Crippen LogP contribution in [0.15, 0.2) is 41.3 Å². The van der Waals surface area contributed by atoms with Gasteiger partial charge in [0.15, 0.2) is 11.5 Å². The third kappa shape index (κ3) is 3.12. The van der Waals surface area contributed by atoms with Gasteiger partial charge in [-0.2, -0.15) is 4.31 Å². The zero-order valence-corrected chi connectivity index (χ0v) is 15.0. The first-order valence-corrected chi connectivity index (χ1v) is 9.95. The Hall–Kier alpha value is -2.05. The molecule has 0 bridgehead atoms. The molecule has 0 unspecified atom stereocenters. The summed E-state index contributed by atoms with van der Waals surface area (Å²) >= 11 is 0. The third-order valence-corrected chi connectivity index (χ3v) is 6.67. The molecule has 1 aliphatic heterocycles. The molecule has 0 saturated carbocycles. The van der Waals surface area contributed by atoms with Crippen molar-refractivity contribution in [1.82, 2.24) is 4.31 Å². The van der Waals surface area contributed by atoms with E-state index >= 15 is 0 Å². The first kappa shape index (κ1) is 16.4. The average Bonchev–Trinajstić information content (AvgIpc) is 3.09. The third-order valence-electron chi connectivity index (χ3n) is 4.87. The molecule has 1 heterocycles. The molecule has 0 atom stereocenters. The SMILES string of the molecule is CN(Cc1ccc2c(c1)OCO2)S(=O)(=O)c1ccc2c(c1)CCCC2. The highest BCUT2D eigenvalue weighted by atomic mass is 32.2. The first-order valence-electron chi connectivity index (χ1n) is 8.51. The molecule has 0 saturated heterocycles. The molecule has 0 aromatic heterocycles. The van der Waals surface area contributed by atoms with Crippen LogP contribution >= 0.6 is 0 Å². The number of nitrogens with zero attached hydrogens (tertiary/aromatic N) is 1. The van der Waals surface area contributed by atoms with Crippen LogP contribution in [0, 0.1) is 0 Å². The summed E-state index contributed by atoms with van der Waals surface area (Å²) in [5, 5.41) is 0. The van der Waals surface area contributed by atoms with Crippen LogP contribution in [0.2, 0.25) is 0 Å². The topological polar surface area (TPSA) is 55.8 Å². The molecule has 2 aromatic carbocycles. The predicted octanol–water partition coefficient (Wildman–Crippen LogP) is 3.11. The van der Waals surface area contributed by atoms with Gasteiger partial charge in [-0.15, -0.1) is 0 Å². The Morgan fingerprint density at radius 2 is 1.72 bits per heavy atom. The number of benzene rings is 2. The molecule has 25 heavy (non-hydrogen) atoms. The van der Waals surface area contributed by atoms with E-state index in [1.165, 1.54) is 21.9 Å². The van der Waals surface area contributed by atoms with E-state index in [9.17, 15) is 8.42 Å². The second kappa shape index (κ2) is 6.35. The van der Waals surface area contributed by atoms with Crippen molar-refractivity contribution < 1.29 is 17.9 Å². The summed E-state index contributed by atoms with van der Waals surface area (Å²) in [5.74, 6) is 1.36. The lowest BCUT2D eigenvalue weighted by Gasteiger charge is -2.20. The second-order valence-corrected chi connectivity index (χ2v) is 8.63. The van der Waals surface area contributed by atoms with E-state index in [0.29, 0.717) is 16.4 Å². The highest BCUT2D eigenvalue weighted by Gasteiger charge is 2.23. The lowest BCUT2D eigenvalue weighted by atomic mass is 9.92. The summed E-state index contributed by atoms with van der Waals surface area (Å²) in [6.07, 6.45) is 4.32. The quantitative estimate of drug-likeness (QED) is 0.842. The lowest BCUT2D eigenvalue weighted by molar-refractivity contribution is 0.174. The zero-order valence-electron chi connectivity index (χ0n) is 14.2. The van der Waals surface area contributed by atoms with E-state index in [-0.39, 0.29) is 13.3 Å². The van der Waals surface area contributed by atoms with Gasteiger partial charge in [-0.1, -0.05) is 12.1 Å². The van der Waals surface area contributed by atoms with Gasteiger partial charge in [0.05, 0.1) is 4.90 Å². The molecule has 4 rings (SSSR count). The van der Waals surface area contributed by atoms with Crippen LogP contribution in [0.5, 0.6) is 11.5 Å². The van der Waals surface area contributed by atoms with Gasteiger partial charge in [-0.3, -0.25) is 0 Å².